The van der Waals surface area contributed by atoms with Crippen molar-refractivity contribution in [3.8, 4) is 0 Å². The SMILES string of the molecule is CN=C(NCCc1c[nH]c2ccc(F)cc12)N1CC2CCCCC2C1. The van der Waals surface area contributed by atoms with Gasteiger partial charge in [0.1, 0.15) is 5.82 Å². The zero-order valence-corrected chi connectivity index (χ0v) is 14.9. The zero-order valence-electron chi connectivity index (χ0n) is 14.9. The number of likely N-dealkylation sites (tertiary alicyclic amines) is 1. The number of nitrogens with zero attached hydrogens (tertiary/aromatic N) is 2. The molecule has 25 heavy (non-hydrogen) atoms. The number of aromatic nitrogens is 1. The van der Waals surface area contributed by atoms with Gasteiger partial charge in [0.05, 0.1) is 0 Å². The monoisotopic (exact) mass is 342 g/mol. The maximum absolute atomic E-state index is 13.5. The summed E-state index contributed by atoms with van der Waals surface area (Å²) in [5.74, 6) is 2.53. The summed E-state index contributed by atoms with van der Waals surface area (Å²) in [4.78, 5) is 10.1. The molecule has 2 aromatic rings. The summed E-state index contributed by atoms with van der Waals surface area (Å²) in [5.41, 5.74) is 2.14. The molecule has 1 aliphatic heterocycles. The van der Waals surface area contributed by atoms with Gasteiger partial charge in [0.2, 0.25) is 0 Å². The molecule has 1 aliphatic carbocycles. The predicted molar refractivity (Wildman–Crippen MR) is 100 cm³/mol. The Kier molecular flexibility index (Phi) is 4.64. The average Bonchev–Trinajstić information content (AvgIpc) is 3.22. The third-order valence-electron chi connectivity index (χ3n) is 5.89. The maximum atomic E-state index is 13.5. The number of aromatic amines is 1. The van der Waals surface area contributed by atoms with Gasteiger partial charge in [-0.05, 0) is 54.9 Å². The molecule has 1 saturated heterocycles. The molecule has 0 radical (unpaired) electrons. The molecule has 2 atom stereocenters. The minimum absolute atomic E-state index is 0.184. The van der Waals surface area contributed by atoms with E-state index >= 15 is 0 Å². The van der Waals surface area contributed by atoms with Gasteiger partial charge >= 0.3 is 0 Å². The van der Waals surface area contributed by atoms with Gasteiger partial charge in [-0.3, -0.25) is 4.99 Å². The summed E-state index contributed by atoms with van der Waals surface area (Å²) < 4.78 is 13.5. The van der Waals surface area contributed by atoms with E-state index in [2.05, 4.69) is 20.2 Å². The highest BCUT2D eigenvalue weighted by atomic mass is 19.1. The number of halogens is 1. The van der Waals surface area contributed by atoms with E-state index in [4.69, 9.17) is 0 Å². The van der Waals surface area contributed by atoms with E-state index in [1.54, 1.807) is 12.1 Å². The smallest absolute Gasteiger partial charge is 0.193 e. The van der Waals surface area contributed by atoms with Crippen LogP contribution in [0.4, 0.5) is 4.39 Å². The molecule has 2 fully saturated rings. The first-order valence-corrected chi connectivity index (χ1v) is 9.45. The van der Waals surface area contributed by atoms with Crippen LogP contribution in [0.5, 0.6) is 0 Å². The van der Waals surface area contributed by atoms with Gasteiger partial charge in [0.25, 0.3) is 0 Å². The molecule has 4 nitrogen and oxygen atoms in total. The summed E-state index contributed by atoms with van der Waals surface area (Å²) in [5, 5.41) is 4.48. The van der Waals surface area contributed by atoms with Crippen molar-refractivity contribution in [1.82, 2.24) is 15.2 Å². The van der Waals surface area contributed by atoms with Crippen molar-refractivity contribution in [3.05, 3.63) is 35.8 Å². The van der Waals surface area contributed by atoms with Crippen LogP contribution in [0, 0.1) is 17.7 Å². The Bertz CT molecular complexity index is 752. The van der Waals surface area contributed by atoms with Crippen molar-refractivity contribution in [3.63, 3.8) is 0 Å². The van der Waals surface area contributed by atoms with Crippen LogP contribution >= 0.6 is 0 Å². The Labute approximate surface area is 148 Å². The van der Waals surface area contributed by atoms with Crippen LogP contribution in [0.3, 0.4) is 0 Å². The Morgan fingerprint density at radius 2 is 2.04 bits per heavy atom. The highest BCUT2D eigenvalue weighted by Gasteiger charge is 2.35. The summed E-state index contributed by atoms with van der Waals surface area (Å²) in [6, 6.07) is 4.91. The van der Waals surface area contributed by atoms with Gasteiger partial charge in [-0.2, -0.15) is 0 Å². The fourth-order valence-electron chi connectivity index (χ4n) is 4.58. The maximum Gasteiger partial charge on any atom is 0.193 e. The van der Waals surface area contributed by atoms with Crippen molar-refractivity contribution >= 4 is 16.9 Å². The molecule has 2 heterocycles. The van der Waals surface area contributed by atoms with E-state index in [1.165, 1.54) is 31.7 Å². The largest absolute Gasteiger partial charge is 0.361 e. The van der Waals surface area contributed by atoms with E-state index in [0.717, 1.165) is 60.3 Å². The molecular formula is C20H27FN4. The fraction of sp³-hybridized carbons (Fsp3) is 0.550. The highest BCUT2D eigenvalue weighted by Crippen LogP contribution is 2.35. The topological polar surface area (TPSA) is 43.4 Å². The molecule has 1 saturated carbocycles. The number of hydrogen-bond acceptors (Lipinski definition) is 1. The van der Waals surface area contributed by atoms with Crippen molar-refractivity contribution in [1.29, 1.82) is 0 Å². The second-order valence-corrected chi connectivity index (χ2v) is 7.44. The summed E-state index contributed by atoms with van der Waals surface area (Å²) >= 11 is 0. The van der Waals surface area contributed by atoms with E-state index in [0.29, 0.717) is 0 Å². The molecule has 0 amide bonds. The van der Waals surface area contributed by atoms with Gasteiger partial charge < -0.3 is 15.2 Å². The minimum Gasteiger partial charge on any atom is -0.361 e. The number of nitrogens with one attached hydrogen (secondary N) is 2. The van der Waals surface area contributed by atoms with E-state index in [1.807, 2.05) is 13.2 Å². The van der Waals surface area contributed by atoms with Crippen molar-refractivity contribution in [2.75, 3.05) is 26.7 Å². The number of hydrogen-bond donors (Lipinski definition) is 2. The van der Waals surface area contributed by atoms with Gasteiger partial charge in [0.15, 0.2) is 5.96 Å². The number of aliphatic imine (C=N–C) groups is 1. The Morgan fingerprint density at radius 3 is 2.76 bits per heavy atom. The number of benzene rings is 1. The Balaban J connectivity index is 1.36. The number of fused-ring (bicyclic) bond motifs is 2. The number of H-pyrrole nitrogens is 1. The van der Waals surface area contributed by atoms with E-state index in [9.17, 15) is 4.39 Å². The lowest BCUT2D eigenvalue weighted by Gasteiger charge is -2.22. The molecule has 5 heteroatoms. The highest BCUT2D eigenvalue weighted by molar-refractivity contribution is 5.83. The second kappa shape index (κ2) is 7.06. The zero-order chi connectivity index (χ0) is 17.2. The lowest BCUT2D eigenvalue weighted by atomic mass is 9.82. The standard InChI is InChI=1S/C20H27FN4/c1-22-20(25-12-15-4-2-3-5-16(15)13-25)23-9-8-14-11-24-19-7-6-17(21)10-18(14)19/h6-7,10-11,15-16,24H,2-5,8-9,12-13H2,1H3,(H,22,23). The lowest BCUT2D eigenvalue weighted by Crippen LogP contribution is -2.41. The Hall–Kier alpha value is -2.04. The molecular weight excluding hydrogens is 315 g/mol. The molecule has 134 valence electrons. The Morgan fingerprint density at radius 1 is 1.28 bits per heavy atom. The van der Waals surface area contributed by atoms with Gasteiger partial charge in [-0.15, -0.1) is 0 Å². The summed E-state index contributed by atoms with van der Waals surface area (Å²) in [6.45, 7) is 3.09. The third kappa shape index (κ3) is 3.37. The predicted octanol–water partition coefficient (Wildman–Crippen LogP) is 3.55. The molecule has 2 N–H and O–H groups in total. The first-order valence-electron chi connectivity index (χ1n) is 9.45. The first-order chi connectivity index (χ1) is 12.2. The van der Waals surface area contributed by atoms with Gasteiger partial charge in [0, 0.05) is 43.8 Å². The molecule has 1 aromatic heterocycles. The van der Waals surface area contributed by atoms with E-state index in [-0.39, 0.29) is 5.82 Å². The van der Waals surface area contributed by atoms with Crippen molar-refractivity contribution in [2.45, 2.75) is 32.1 Å². The van der Waals surface area contributed by atoms with Gasteiger partial charge in [-0.25, -0.2) is 4.39 Å². The minimum atomic E-state index is -0.184. The van der Waals surface area contributed by atoms with Crippen LogP contribution in [0.1, 0.15) is 31.2 Å². The first kappa shape index (κ1) is 16.4. The van der Waals surface area contributed by atoms with Crippen LogP contribution in [-0.2, 0) is 6.42 Å². The van der Waals surface area contributed by atoms with Crippen LogP contribution in [-0.4, -0.2) is 42.5 Å². The molecule has 1 aromatic carbocycles. The quantitative estimate of drug-likeness (QED) is 0.662. The van der Waals surface area contributed by atoms with Crippen LogP contribution < -0.4 is 5.32 Å². The number of rotatable bonds is 3. The third-order valence-corrected chi connectivity index (χ3v) is 5.89. The average molecular weight is 342 g/mol. The van der Waals surface area contributed by atoms with Crippen LogP contribution in [0.25, 0.3) is 10.9 Å². The molecule has 2 unspecified atom stereocenters. The number of guanidine groups is 1. The molecule has 2 aliphatic rings. The molecule has 0 bridgehead atoms. The molecule has 0 spiro atoms. The van der Waals surface area contributed by atoms with Crippen molar-refractivity contribution < 1.29 is 4.39 Å². The van der Waals surface area contributed by atoms with Crippen LogP contribution in [0.2, 0.25) is 0 Å². The van der Waals surface area contributed by atoms with Gasteiger partial charge in [-0.1, -0.05) is 12.8 Å². The summed E-state index contributed by atoms with van der Waals surface area (Å²) in [7, 11) is 1.87. The lowest BCUT2D eigenvalue weighted by molar-refractivity contribution is 0.299. The second-order valence-electron chi connectivity index (χ2n) is 7.44. The fourth-order valence-corrected chi connectivity index (χ4v) is 4.58. The molecule has 4 rings (SSSR count). The van der Waals surface area contributed by atoms with Crippen molar-refractivity contribution in [2.24, 2.45) is 16.8 Å². The van der Waals surface area contributed by atoms with E-state index < -0.39 is 0 Å². The summed E-state index contributed by atoms with van der Waals surface area (Å²) in [6.07, 6.45) is 8.36. The van der Waals surface area contributed by atoms with Crippen LogP contribution in [0.15, 0.2) is 29.4 Å². The normalized spacial score (nSPS) is 23.9.